The van der Waals surface area contributed by atoms with Crippen LogP contribution < -0.4 is 16.7 Å². The zero-order chi connectivity index (χ0) is 19.7. The molecule has 3 rings (SSSR count). The first-order chi connectivity index (χ1) is 12.8. The number of hydrazone groups is 1. The molecular formula is C18H19FN6O2. The van der Waals surface area contributed by atoms with Crippen molar-refractivity contribution in [3.63, 3.8) is 0 Å². The van der Waals surface area contributed by atoms with Crippen molar-refractivity contribution in [2.75, 3.05) is 5.43 Å². The van der Waals surface area contributed by atoms with Crippen LogP contribution in [0.2, 0.25) is 0 Å². The first-order valence-corrected chi connectivity index (χ1v) is 8.15. The molecule has 8 nitrogen and oxygen atoms in total. The molecule has 2 heterocycles. The van der Waals surface area contributed by atoms with Crippen LogP contribution in [0.3, 0.4) is 0 Å². The molecule has 0 saturated heterocycles. The quantitative estimate of drug-likeness (QED) is 0.420. The van der Waals surface area contributed by atoms with Gasteiger partial charge in [0.15, 0.2) is 11.2 Å². The van der Waals surface area contributed by atoms with E-state index in [1.807, 2.05) is 6.92 Å². The second-order valence-electron chi connectivity index (χ2n) is 6.28. The molecule has 0 aliphatic heterocycles. The zero-order valence-corrected chi connectivity index (χ0v) is 15.2. The maximum atomic E-state index is 13.0. The smallest absolute Gasteiger partial charge is 0.299 e. The third-order valence-corrected chi connectivity index (χ3v) is 4.02. The van der Waals surface area contributed by atoms with Crippen molar-refractivity contribution in [1.82, 2.24) is 18.7 Å². The normalized spacial score (nSPS) is 11.4. The van der Waals surface area contributed by atoms with Gasteiger partial charge in [0.2, 0.25) is 5.95 Å². The Bertz CT molecular complexity index is 1170. The summed E-state index contributed by atoms with van der Waals surface area (Å²) in [6.07, 6.45) is 1.50. The van der Waals surface area contributed by atoms with E-state index in [1.165, 1.54) is 30.0 Å². The number of benzene rings is 1. The van der Waals surface area contributed by atoms with Crippen molar-refractivity contribution in [2.45, 2.75) is 13.5 Å². The molecule has 0 saturated carbocycles. The third-order valence-electron chi connectivity index (χ3n) is 4.02. The molecule has 140 valence electrons. The number of nitrogens with zero attached hydrogens (tertiary/aromatic N) is 5. The van der Waals surface area contributed by atoms with Gasteiger partial charge >= 0.3 is 5.69 Å². The molecule has 1 N–H and O–H groups in total. The van der Waals surface area contributed by atoms with E-state index in [-0.39, 0.29) is 17.0 Å². The Hall–Kier alpha value is -3.49. The zero-order valence-electron chi connectivity index (χ0n) is 15.2. The lowest BCUT2D eigenvalue weighted by Gasteiger charge is -2.08. The molecule has 3 aromatic rings. The largest absolute Gasteiger partial charge is 0.332 e. The van der Waals surface area contributed by atoms with Gasteiger partial charge in [-0.25, -0.2) is 14.6 Å². The fourth-order valence-electron chi connectivity index (χ4n) is 2.67. The van der Waals surface area contributed by atoms with Crippen molar-refractivity contribution in [1.29, 1.82) is 0 Å². The molecule has 0 aliphatic rings. The van der Waals surface area contributed by atoms with Crippen molar-refractivity contribution in [3.8, 4) is 0 Å². The minimum absolute atomic E-state index is 0.254. The van der Waals surface area contributed by atoms with E-state index in [2.05, 4.69) is 22.1 Å². The van der Waals surface area contributed by atoms with E-state index in [1.54, 1.807) is 23.7 Å². The predicted octanol–water partition coefficient (Wildman–Crippen LogP) is 1.59. The lowest BCUT2D eigenvalue weighted by Crippen LogP contribution is -2.37. The van der Waals surface area contributed by atoms with Crippen molar-refractivity contribution in [2.24, 2.45) is 19.2 Å². The summed E-state index contributed by atoms with van der Waals surface area (Å²) in [7, 11) is 2.97. The number of fused-ring (bicyclic) bond motifs is 1. The molecule has 0 bridgehead atoms. The molecule has 0 radical (unpaired) electrons. The summed E-state index contributed by atoms with van der Waals surface area (Å²) in [6, 6.07) is 5.82. The Morgan fingerprint density at radius 1 is 1.26 bits per heavy atom. The summed E-state index contributed by atoms with van der Waals surface area (Å²) >= 11 is 0. The minimum atomic E-state index is -0.464. The summed E-state index contributed by atoms with van der Waals surface area (Å²) in [5.74, 6) is -0.0372. The molecule has 0 amide bonds. The Labute approximate surface area is 153 Å². The van der Waals surface area contributed by atoms with Crippen LogP contribution in [-0.2, 0) is 20.6 Å². The monoisotopic (exact) mass is 370 g/mol. The Kier molecular flexibility index (Phi) is 4.76. The second kappa shape index (κ2) is 7.02. The number of aromatic nitrogens is 4. The van der Waals surface area contributed by atoms with Crippen molar-refractivity contribution < 1.29 is 4.39 Å². The van der Waals surface area contributed by atoms with Crippen LogP contribution in [0.1, 0.15) is 12.5 Å². The number of nitrogens with one attached hydrogen (secondary N) is 1. The minimum Gasteiger partial charge on any atom is -0.299 e. The molecular weight excluding hydrogens is 351 g/mol. The number of anilines is 1. The average Bonchev–Trinajstić information content (AvgIpc) is 2.98. The number of rotatable bonds is 5. The highest BCUT2D eigenvalue weighted by molar-refractivity contribution is 5.80. The van der Waals surface area contributed by atoms with Gasteiger partial charge in [-0.3, -0.25) is 18.5 Å². The highest BCUT2D eigenvalue weighted by Crippen LogP contribution is 2.17. The maximum absolute atomic E-state index is 13.0. The highest BCUT2D eigenvalue weighted by Gasteiger charge is 2.18. The SMILES string of the molecule is C=C(C)Cn1c(NN=Cc2ccc(F)cc2)nc2c1c(=O)n(C)c(=O)n2C. The molecule has 2 aromatic heterocycles. The lowest BCUT2D eigenvalue weighted by atomic mass is 10.2. The van der Waals surface area contributed by atoms with E-state index in [0.717, 1.165) is 10.1 Å². The van der Waals surface area contributed by atoms with E-state index < -0.39 is 11.2 Å². The topological polar surface area (TPSA) is 86.2 Å². The van der Waals surface area contributed by atoms with Crippen LogP contribution in [-0.4, -0.2) is 24.9 Å². The summed E-state index contributed by atoms with van der Waals surface area (Å²) in [6.45, 7) is 6.03. The first-order valence-electron chi connectivity index (χ1n) is 8.15. The van der Waals surface area contributed by atoms with Gasteiger partial charge in [-0.15, -0.1) is 0 Å². The van der Waals surface area contributed by atoms with Crippen LogP contribution >= 0.6 is 0 Å². The van der Waals surface area contributed by atoms with Gasteiger partial charge in [0.25, 0.3) is 5.56 Å². The standard InChI is InChI=1S/C18H19FN6O2/c1-11(2)10-25-14-15(23(3)18(27)24(4)16(14)26)21-17(25)22-20-9-12-5-7-13(19)8-6-12/h5-9H,1,10H2,2-4H3,(H,21,22). The number of hydrogen-bond donors (Lipinski definition) is 1. The van der Waals surface area contributed by atoms with E-state index >= 15 is 0 Å². The third kappa shape index (κ3) is 3.43. The summed E-state index contributed by atoms with van der Waals surface area (Å²) in [5, 5.41) is 4.10. The molecule has 0 atom stereocenters. The molecule has 1 aromatic carbocycles. The molecule has 0 spiro atoms. The molecule has 0 aliphatic carbocycles. The van der Waals surface area contributed by atoms with Crippen molar-refractivity contribution >= 4 is 23.3 Å². The first kappa shape index (κ1) is 18.3. The number of imidazole rings is 1. The lowest BCUT2D eigenvalue weighted by molar-refractivity contribution is 0.628. The van der Waals surface area contributed by atoms with Gasteiger partial charge in [0, 0.05) is 20.6 Å². The van der Waals surface area contributed by atoms with E-state index in [4.69, 9.17) is 0 Å². The van der Waals surface area contributed by atoms with E-state index in [9.17, 15) is 14.0 Å². The summed E-state index contributed by atoms with van der Waals surface area (Å²) in [4.78, 5) is 29.1. The molecule has 27 heavy (non-hydrogen) atoms. The fraction of sp³-hybridized carbons (Fsp3) is 0.222. The van der Waals surface area contributed by atoms with Gasteiger partial charge in [0.05, 0.1) is 6.21 Å². The fourth-order valence-corrected chi connectivity index (χ4v) is 2.67. The summed E-state index contributed by atoms with van der Waals surface area (Å²) < 4.78 is 16.9. The van der Waals surface area contributed by atoms with Crippen LogP contribution in [0.4, 0.5) is 10.3 Å². The molecule has 0 unspecified atom stereocenters. The number of hydrogen-bond acceptors (Lipinski definition) is 5. The average molecular weight is 370 g/mol. The van der Waals surface area contributed by atoms with Gasteiger partial charge in [-0.1, -0.05) is 24.3 Å². The Morgan fingerprint density at radius 3 is 2.56 bits per heavy atom. The van der Waals surface area contributed by atoms with Crippen LogP contribution in [0.15, 0.2) is 51.1 Å². The van der Waals surface area contributed by atoms with Gasteiger partial charge in [-0.05, 0) is 24.6 Å². The number of aryl methyl sites for hydroxylation is 1. The number of allylic oxidation sites excluding steroid dienone is 1. The Balaban J connectivity index is 2.09. The van der Waals surface area contributed by atoms with Crippen LogP contribution in [0.5, 0.6) is 0 Å². The van der Waals surface area contributed by atoms with Gasteiger partial charge in [0.1, 0.15) is 5.82 Å². The molecule has 0 fully saturated rings. The predicted molar refractivity (Wildman–Crippen MR) is 103 cm³/mol. The Morgan fingerprint density at radius 2 is 1.93 bits per heavy atom. The van der Waals surface area contributed by atoms with Gasteiger partial charge in [-0.2, -0.15) is 10.1 Å². The highest BCUT2D eigenvalue weighted by atomic mass is 19.1. The van der Waals surface area contributed by atoms with Crippen LogP contribution in [0.25, 0.3) is 11.2 Å². The number of halogens is 1. The summed E-state index contributed by atoms with van der Waals surface area (Å²) in [5.41, 5.74) is 3.90. The van der Waals surface area contributed by atoms with Gasteiger partial charge < -0.3 is 0 Å². The maximum Gasteiger partial charge on any atom is 0.332 e. The van der Waals surface area contributed by atoms with E-state index in [0.29, 0.717) is 18.1 Å². The van der Waals surface area contributed by atoms with Crippen molar-refractivity contribution in [3.05, 3.63) is 68.6 Å². The van der Waals surface area contributed by atoms with Crippen LogP contribution in [0, 0.1) is 5.82 Å². The second-order valence-corrected chi connectivity index (χ2v) is 6.28. The molecule has 9 heteroatoms.